The van der Waals surface area contributed by atoms with Gasteiger partial charge in [0.2, 0.25) is 5.96 Å². The van der Waals surface area contributed by atoms with Crippen LogP contribution >= 0.6 is 11.8 Å². The molecule has 0 bridgehead atoms. The van der Waals surface area contributed by atoms with Crippen LogP contribution in [0, 0.1) is 6.92 Å². The second-order valence-electron chi connectivity index (χ2n) is 10.3. The lowest BCUT2D eigenvalue weighted by Crippen LogP contribution is -2.51. The topological polar surface area (TPSA) is 52.0 Å². The molecule has 0 saturated heterocycles. The number of fused-ring (bicyclic) bond motifs is 1. The zero-order chi connectivity index (χ0) is 24.2. The largest absolute Gasteiger partial charge is 0.336 e. The van der Waals surface area contributed by atoms with Crippen LogP contribution in [0.15, 0.2) is 57.3 Å². The smallest absolute Gasteiger partial charge is 0.225 e. The van der Waals surface area contributed by atoms with Crippen molar-refractivity contribution in [1.82, 2.24) is 15.5 Å². The molecule has 6 heteroatoms. The number of nitrogens with zero attached hydrogens (tertiary/aromatic N) is 3. The van der Waals surface area contributed by atoms with E-state index in [2.05, 4.69) is 97.4 Å². The Morgan fingerprint density at radius 2 is 2.00 bits per heavy atom. The molecule has 4 rings (SSSR count). The molecule has 34 heavy (non-hydrogen) atoms. The molecular formula is C28H39N5S. The minimum absolute atomic E-state index is 0.172. The van der Waals surface area contributed by atoms with Gasteiger partial charge in [0, 0.05) is 47.9 Å². The molecule has 1 aliphatic heterocycles. The number of benzene rings is 2. The summed E-state index contributed by atoms with van der Waals surface area (Å²) in [7, 11) is 0. The SMILES string of the molecule is C=NC(=Nc1ccc(C)cc1CNCC1(NC(C)(C)CC)CC1)N1CCSc2ccccc2C1. The number of aryl methyl sites for hydroxylation is 1. The predicted octanol–water partition coefficient (Wildman–Crippen LogP) is 5.69. The van der Waals surface area contributed by atoms with Gasteiger partial charge in [0.1, 0.15) is 0 Å². The molecule has 0 radical (unpaired) electrons. The Labute approximate surface area is 209 Å². The van der Waals surface area contributed by atoms with Gasteiger partial charge in [0.15, 0.2) is 0 Å². The first-order valence-corrected chi connectivity index (χ1v) is 13.4. The van der Waals surface area contributed by atoms with Crippen LogP contribution in [0.5, 0.6) is 0 Å². The fourth-order valence-corrected chi connectivity index (χ4v) is 5.54. The molecule has 2 aromatic rings. The summed E-state index contributed by atoms with van der Waals surface area (Å²) in [5, 5.41) is 7.60. The van der Waals surface area contributed by atoms with Gasteiger partial charge in [-0.2, -0.15) is 0 Å². The minimum Gasteiger partial charge on any atom is -0.336 e. The van der Waals surface area contributed by atoms with Crippen LogP contribution in [-0.2, 0) is 13.1 Å². The zero-order valence-corrected chi connectivity index (χ0v) is 22.0. The van der Waals surface area contributed by atoms with Gasteiger partial charge >= 0.3 is 0 Å². The molecular weight excluding hydrogens is 438 g/mol. The summed E-state index contributed by atoms with van der Waals surface area (Å²) in [5.74, 6) is 1.71. The standard InChI is InChI=1S/C28H39N5S/c1-6-27(3,4)32-28(13-14-28)20-30-18-23-17-21(2)11-12-24(23)31-26(29-5)33-15-16-34-25-10-8-7-9-22(25)19-33/h7-12,17,30,32H,5-6,13-16,18-20H2,1-4H3. The van der Waals surface area contributed by atoms with E-state index < -0.39 is 0 Å². The van der Waals surface area contributed by atoms with Crippen molar-refractivity contribution in [1.29, 1.82) is 0 Å². The highest BCUT2D eigenvalue weighted by atomic mass is 32.2. The van der Waals surface area contributed by atoms with Crippen LogP contribution in [0.1, 0.15) is 56.7 Å². The number of guanidine groups is 1. The average molecular weight is 478 g/mol. The Morgan fingerprint density at radius 1 is 1.21 bits per heavy atom. The van der Waals surface area contributed by atoms with E-state index in [1.807, 2.05) is 11.8 Å². The third-order valence-corrected chi connectivity index (χ3v) is 8.05. The number of rotatable bonds is 8. The van der Waals surface area contributed by atoms with Crippen molar-refractivity contribution in [3.05, 3.63) is 59.2 Å². The highest BCUT2D eigenvalue weighted by molar-refractivity contribution is 7.99. The first-order chi connectivity index (χ1) is 16.3. The Bertz CT molecular complexity index is 1040. The first-order valence-electron chi connectivity index (χ1n) is 12.4. The lowest BCUT2D eigenvalue weighted by molar-refractivity contribution is 0.302. The molecule has 2 aromatic carbocycles. The molecule has 1 saturated carbocycles. The molecule has 1 aliphatic carbocycles. The lowest BCUT2D eigenvalue weighted by Gasteiger charge is -2.31. The summed E-state index contributed by atoms with van der Waals surface area (Å²) in [6, 6.07) is 15.1. The van der Waals surface area contributed by atoms with E-state index in [9.17, 15) is 0 Å². The molecule has 0 amide bonds. The van der Waals surface area contributed by atoms with Gasteiger partial charge in [-0.1, -0.05) is 42.8 Å². The fraction of sp³-hybridized carbons (Fsp3) is 0.500. The third kappa shape index (κ3) is 6.29. The Hall–Kier alpha value is -2.15. The Morgan fingerprint density at radius 3 is 2.74 bits per heavy atom. The fourth-order valence-electron chi connectivity index (χ4n) is 4.51. The second kappa shape index (κ2) is 10.6. The van der Waals surface area contributed by atoms with Crippen molar-refractivity contribution in [2.75, 3.05) is 18.8 Å². The maximum Gasteiger partial charge on any atom is 0.225 e. The van der Waals surface area contributed by atoms with E-state index in [-0.39, 0.29) is 11.1 Å². The third-order valence-electron chi connectivity index (χ3n) is 6.95. The normalized spacial score (nSPS) is 17.8. The van der Waals surface area contributed by atoms with Crippen LogP contribution < -0.4 is 10.6 Å². The summed E-state index contributed by atoms with van der Waals surface area (Å²) < 4.78 is 0. The number of hydrogen-bond acceptors (Lipinski definition) is 4. The van der Waals surface area contributed by atoms with Crippen molar-refractivity contribution < 1.29 is 0 Å². The van der Waals surface area contributed by atoms with Gasteiger partial charge < -0.3 is 15.5 Å². The molecule has 182 valence electrons. The minimum atomic E-state index is 0.172. The molecule has 0 atom stereocenters. The number of hydrogen-bond donors (Lipinski definition) is 2. The maximum atomic E-state index is 5.01. The highest BCUT2D eigenvalue weighted by Gasteiger charge is 2.44. The summed E-state index contributed by atoms with van der Waals surface area (Å²) in [5.41, 5.74) is 5.15. The summed E-state index contributed by atoms with van der Waals surface area (Å²) in [6.07, 6.45) is 3.60. The van der Waals surface area contributed by atoms with E-state index in [4.69, 9.17) is 4.99 Å². The van der Waals surface area contributed by atoms with E-state index in [1.165, 1.54) is 34.4 Å². The van der Waals surface area contributed by atoms with Gasteiger partial charge in [-0.25, -0.2) is 9.98 Å². The maximum absolute atomic E-state index is 5.01. The van der Waals surface area contributed by atoms with Crippen molar-refractivity contribution in [3.8, 4) is 0 Å². The van der Waals surface area contributed by atoms with Gasteiger partial charge in [0.05, 0.1) is 5.69 Å². The molecule has 0 aromatic heterocycles. The summed E-state index contributed by atoms with van der Waals surface area (Å²) in [4.78, 5) is 13.0. The molecule has 2 aliphatic rings. The molecule has 0 unspecified atom stereocenters. The average Bonchev–Trinajstić information content (AvgIpc) is 3.60. The molecule has 0 spiro atoms. The summed E-state index contributed by atoms with van der Waals surface area (Å²) >= 11 is 1.90. The van der Waals surface area contributed by atoms with Crippen molar-refractivity contribution in [2.24, 2.45) is 9.98 Å². The Kier molecular flexibility index (Phi) is 7.80. The number of aliphatic imine (C=N–C) groups is 2. The van der Waals surface area contributed by atoms with Crippen LogP contribution in [0.4, 0.5) is 5.69 Å². The van der Waals surface area contributed by atoms with Crippen molar-refractivity contribution in [2.45, 2.75) is 76.0 Å². The van der Waals surface area contributed by atoms with E-state index in [0.29, 0.717) is 5.96 Å². The second-order valence-corrected chi connectivity index (χ2v) is 11.5. The van der Waals surface area contributed by atoms with Crippen LogP contribution in [0.2, 0.25) is 0 Å². The van der Waals surface area contributed by atoms with E-state index >= 15 is 0 Å². The van der Waals surface area contributed by atoms with Crippen molar-refractivity contribution in [3.63, 3.8) is 0 Å². The van der Waals surface area contributed by atoms with Gasteiger partial charge in [-0.3, -0.25) is 0 Å². The highest BCUT2D eigenvalue weighted by Crippen LogP contribution is 2.37. The first kappa shape index (κ1) is 25.0. The molecule has 5 nitrogen and oxygen atoms in total. The molecule has 1 fully saturated rings. The number of nitrogens with one attached hydrogen (secondary N) is 2. The van der Waals surface area contributed by atoms with Gasteiger partial charge in [-0.05, 0) is 70.0 Å². The predicted molar refractivity (Wildman–Crippen MR) is 147 cm³/mol. The van der Waals surface area contributed by atoms with Crippen LogP contribution in [0.3, 0.4) is 0 Å². The van der Waals surface area contributed by atoms with Crippen LogP contribution in [0.25, 0.3) is 0 Å². The van der Waals surface area contributed by atoms with E-state index in [0.717, 1.165) is 44.0 Å². The van der Waals surface area contributed by atoms with E-state index in [1.54, 1.807) is 0 Å². The molecule has 1 heterocycles. The lowest BCUT2D eigenvalue weighted by atomic mass is 9.99. The molecule has 2 N–H and O–H groups in total. The van der Waals surface area contributed by atoms with Gasteiger partial charge in [0.25, 0.3) is 0 Å². The number of thioether (sulfide) groups is 1. The monoisotopic (exact) mass is 477 g/mol. The van der Waals surface area contributed by atoms with Crippen molar-refractivity contribution >= 4 is 30.1 Å². The summed E-state index contributed by atoms with van der Waals surface area (Å²) in [6.45, 7) is 16.3. The zero-order valence-electron chi connectivity index (χ0n) is 21.2. The van der Waals surface area contributed by atoms with Gasteiger partial charge in [-0.15, -0.1) is 11.8 Å². The quantitative estimate of drug-likeness (QED) is 0.379. The van der Waals surface area contributed by atoms with Crippen LogP contribution in [-0.4, -0.2) is 47.5 Å². The Balaban J connectivity index is 1.48.